The van der Waals surface area contributed by atoms with E-state index in [0.717, 1.165) is 35.4 Å². The first kappa shape index (κ1) is 16.9. The van der Waals surface area contributed by atoms with Gasteiger partial charge in [-0.15, -0.1) is 0 Å². The molecule has 0 spiro atoms. The number of aromatic nitrogens is 1. The van der Waals surface area contributed by atoms with Crippen molar-refractivity contribution < 1.29 is 9.84 Å². The summed E-state index contributed by atoms with van der Waals surface area (Å²) in [5, 5.41) is 14.6. The molecular formula is C24H22N2O2. The second-order valence-electron chi connectivity index (χ2n) is 7.23. The molecule has 1 atom stereocenters. The highest BCUT2D eigenvalue weighted by atomic mass is 16.5. The molecule has 1 aromatic heterocycles. The van der Waals surface area contributed by atoms with Gasteiger partial charge in [0.25, 0.3) is 0 Å². The number of aromatic hydroxyl groups is 1. The monoisotopic (exact) mass is 370 g/mol. The topological polar surface area (TPSA) is 57.3 Å². The van der Waals surface area contributed by atoms with Crippen LogP contribution in [0.15, 0.2) is 72.8 Å². The average molecular weight is 370 g/mol. The second-order valence-corrected chi connectivity index (χ2v) is 7.23. The van der Waals surface area contributed by atoms with Gasteiger partial charge in [-0.1, -0.05) is 42.5 Å². The Labute approximate surface area is 163 Å². The van der Waals surface area contributed by atoms with Crippen LogP contribution in [0.25, 0.3) is 10.9 Å². The molecule has 1 aliphatic heterocycles. The maximum absolute atomic E-state index is 9.87. The number of nitrogens with one attached hydrogen (secondary N) is 2. The van der Waals surface area contributed by atoms with Gasteiger partial charge in [-0.05, 0) is 53.4 Å². The zero-order valence-electron chi connectivity index (χ0n) is 15.5. The normalized spacial score (nSPS) is 16.1. The minimum absolute atomic E-state index is 0.0527. The van der Waals surface area contributed by atoms with Crippen molar-refractivity contribution in [2.24, 2.45) is 0 Å². The van der Waals surface area contributed by atoms with Crippen LogP contribution in [0.4, 0.5) is 0 Å². The highest BCUT2D eigenvalue weighted by molar-refractivity contribution is 5.86. The number of hydrogen-bond donors (Lipinski definition) is 3. The quantitative estimate of drug-likeness (QED) is 0.489. The predicted octanol–water partition coefficient (Wildman–Crippen LogP) is 4.69. The van der Waals surface area contributed by atoms with Gasteiger partial charge in [0.05, 0.1) is 6.04 Å². The first-order valence-electron chi connectivity index (χ1n) is 9.61. The van der Waals surface area contributed by atoms with E-state index < -0.39 is 0 Å². The first-order chi connectivity index (χ1) is 13.8. The van der Waals surface area contributed by atoms with Crippen LogP contribution in [-0.2, 0) is 13.0 Å². The van der Waals surface area contributed by atoms with Crippen LogP contribution in [0.5, 0.6) is 11.5 Å². The van der Waals surface area contributed by atoms with Crippen molar-refractivity contribution in [1.29, 1.82) is 0 Å². The van der Waals surface area contributed by atoms with Crippen LogP contribution < -0.4 is 10.1 Å². The van der Waals surface area contributed by atoms with E-state index in [1.807, 2.05) is 42.5 Å². The molecule has 28 heavy (non-hydrogen) atoms. The molecule has 0 saturated heterocycles. The van der Waals surface area contributed by atoms with Crippen LogP contribution >= 0.6 is 0 Å². The number of ether oxygens (including phenoxy) is 1. The van der Waals surface area contributed by atoms with E-state index in [0.29, 0.717) is 12.4 Å². The standard InChI is InChI=1S/C24H22N2O2/c27-18-8-4-7-17(13-18)23-24-20(11-12-25-23)21-14-19(9-10-22(21)26-24)28-15-16-5-2-1-3-6-16/h1-10,13-14,23,25-27H,11-12,15H2/t23-/m0/s1. The molecule has 140 valence electrons. The molecule has 0 radical (unpaired) electrons. The molecule has 0 fully saturated rings. The van der Waals surface area contributed by atoms with Crippen molar-refractivity contribution in [3.8, 4) is 11.5 Å². The number of phenols is 1. The van der Waals surface area contributed by atoms with Crippen LogP contribution in [0.1, 0.15) is 28.4 Å². The van der Waals surface area contributed by atoms with E-state index in [1.54, 1.807) is 6.07 Å². The SMILES string of the molecule is Oc1cccc([C@@H]2NCCc3c2[nH]c2ccc(OCc4ccccc4)cc32)c1. The molecular weight excluding hydrogens is 348 g/mol. The lowest BCUT2D eigenvalue weighted by Crippen LogP contribution is -2.30. The fourth-order valence-corrected chi connectivity index (χ4v) is 4.03. The minimum atomic E-state index is 0.0527. The largest absolute Gasteiger partial charge is 0.508 e. The van der Waals surface area contributed by atoms with E-state index in [9.17, 15) is 5.11 Å². The van der Waals surface area contributed by atoms with Crippen molar-refractivity contribution in [3.63, 3.8) is 0 Å². The lowest BCUT2D eigenvalue weighted by Gasteiger charge is -2.25. The Morgan fingerprint density at radius 3 is 2.71 bits per heavy atom. The zero-order chi connectivity index (χ0) is 18.9. The van der Waals surface area contributed by atoms with Gasteiger partial charge < -0.3 is 20.1 Å². The van der Waals surface area contributed by atoms with E-state index in [4.69, 9.17) is 4.74 Å². The number of phenolic OH excluding ortho intramolecular Hbond substituents is 1. The summed E-state index contributed by atoms with van der Waals surface area (Å²) >= 11 is 0. The number of benzene rings is 3. The number of hydrogen-bond acceptors (Lipinski definition) is 3. The van der Waals surface area contributed by atoms with Crippen molar-refractivity contribution in [1.82, 2.24) is 10.3 Å². The summed E-state index contributed by atoms with van der Waals surface area (Å²) in [6.07, 6.45) is 0.965. The highest BCUT2D eigenvalue weighted by Gasteiger charge is 2.25. The number of H-pyrrole nitrogens is 1. The number of aromatic amines is 1. The fraction of sp³-hybridized carbons (Fsp3) is 0.167. The fourth-order valence-electron chi connectivity index (χ4n) is 4.03. The Hall–Kier alpha value is -3.24. The summed E-state index contributed by atoms with van der Waals surface area (Å²) in [5.74, 6) is 1.17. The molecule has 5 rings (SSSR count). The molecule has 2 heterocycles. The Kier molecular flexibility index (Phi) is 4.26. The van der Waals surface area contributed by atoms with Gasteiger partial charge in [0, 0.05) is 23.1 Å². The van der Waals surface area contributed by atoms with Gasteiger partial charge in [-0.25, -0.2) is 0 Å². The van der Waals surface area contributed by atoms with Gasteiger partial charge in [-0.2, -0.15) is 0 Å². The van der Waals surface area contributed by atoms with Gasteiger partial charge in [0.1, 0.15) is 18.1 Å². The summed E-state index contributed by atoms with van der Waals surface area (Å²) in [6, 6.07) is 24.0. The molecule has 4 nitrogen and oxygen atoms in total. The van der Waals surface area contributed by atoms with Crippen LogP contribution in [0.3, 0.4) is 0 Å². The van der Waals surface area contributed by atoms with Crippen molar-refractivity contribution in [2.75, 3.05) is 6.54 Å². The van der Waals surface area contributed by atoms with Crippen molar-refractivity contribution in [2.45, 2.75) is 19.1 Å². The third-order valence-corrected chi connectivity index (χ3v) is 5.37. The van der Waals surface area contributed by atoms with Gasteiger partial charge in [0.2, 0.25) is 0 Å². The number of rotatable bonds is 4. The minimum Gasteiger partial charge on any atom is -0.508 e. The molecule has 0 bridgehead atoms. The highest BCUT2D eigenvalue weighted by Crippen LogP contribution is 2.35. The summed E-state index contributed by atoms with van der Waals surface area (Å²) in [5.41, 5.74) is 5.84. The third kappa shape index (κ3) is 3.12. The lowest BCUT2D eigenvalue weighted by atomic mass is 9.94. The van der Waals surface area contributed by atoms with E-state index in [1.165, 1.54) is 16.6 Å². The lowest BCUT2D eigenvalue weighted by molar-refractivity contribution is 0.306. The molecule has 4 heteroatoms. The summed E-state index contributed by atoms with van der Waals surface area (Å²) in [7, 11) is 0. The smallest absolute Gasteiger partial charge is 0.120 e. The Morgan fingerprint density at radius 1 is 0.964 bits per heavy atom. The Morgan fingerprint density at radius 2 is 1.86 bits per heavy atom. The molecule has 3 aromatic carbocycles. The molecule has 4 aromatic rings. The van der Waals surface area contributed by atoms with Gasteiger partial charge >= 0.3 is 0 Å². The van der Waals surface area contributed by atoms with Crippen LogP contribution in [-0.4, -0.2) is 16.6 Å². The summed E-state index contributed by atoms with van der Waals surface area (Å²) < 4.78 is 6.03. The molecule has 1 aliphatic rings. The van der Waals surface area contributed by atoms with Crippen LogP contribution in [0, 0.1) is 0 Å². The third-order valence-electron chi connectivity index (χ3n) is 5.37. The van der Waals surface area contributed by atoms with E-state index in [2.05, 4.69) is 34.6 Å². The molecule has 0 aliphatic carbocycles. The Bertz CT molecular complexity index is 1120. The van der Waals surface area contributed by atoms with Crippen molar-refractivity contribution >= 4 is 10.9 Å². The average Bonchev–Trinajstić information content (AvgIpc) is 3.11. The molecule has 3 N–H and O–H groups in total. The first-order valence-corrected chi connectivity index (χ1v) is 9.61. The summed E-state index contributed by atoms with van der Waals surface area (Å²) in [4.78, 5) is 3.59. The van der Waals surface area contributed by atoms with Crippen LogP contribution in [0.2, 0.25) is 0 Å². The van der Waals surface area contributed by atoms with Crippen molar-refractivity contribution in [3.05, 3.63) is 95.2 Å². The Balaban J connectivity index is 1.48. The molecule has 0 unspecified atom stereocenters. The predicted molar refractivity (Wildman–Crippen MR) is 111 cm³/mol. The van der Waals surface area contributed by atoms with Gasteiger partial charge in [0.15, 0.2) is 0 Å². The molecule has 0 amide bonds. The number of fused-ring (bicyclic) bond motifs is 3. The second kappa shape index (κ2) is 7.06. The maximum Gasteiger partial charge on any atom is 0.120 e. The van der Waals surface area contributed by atoms with Gasteiger partial charge in [-0.3, -0.25) is 0 Å². The van der Waals surface area contributed by atoms with E-state index >= 15 is 0 Å². The molecule has 0 saturated carbocycles. The van der Waals surface area contributed by atoms with E-state index in [-0.39, 0.29) is 6.04 Å². The zero-order valence-corrected chi connectivity index (χ0v) is 15.5. The maximum atomic E-state index is 9.87. The summed E-state index contributed by atoms with van der Waals surface area (Å²) in [6.45, 7) is 1.46.